The molecule has 0 aromatic heterocycles. The van der Waals surface area contributed by atoms with Gasteiger partial charge >= 0.3 is 0 Å². The highest BCUT2D eigenvalue weighted by Gasteiger charge is 2.17. The van der Waals surface area contributed by atoms with Crippen LogP contribution in [-0.4, -0.2) is 25.1 Å². The molecule has 0 aliphatic heterocycles. The monoisotopic (exact) mass is 244 g/mol. The number of Topliss-reactive ketones (excluding diaryl/α,β-unsaturated/α-hetero) is 1. The van der Waals surface area contributed by atoms with Crippen molar-refractivity contribution in [1.29, 1.82) is 0 Å². The number of carbonyl (C=O) groups excluding carboxylic acids is 1. The average molecular weight is 244 g/mol. The van der Waals surface area contributed by atoms with Crippen molar-refractivity contribution in [2.75, 3.05) is 0 Å². The third kappa shape index (κ3) is 10.4. The minimum atomic E-state index is -1.23. The van der Waals surface area contributed by atoms with E-state index in [2.05, 4.69) is 26.6 Å². The summed E-state index contributed by atoms with van der Waals surface area (Å²) in [5.74, 6) is 0.391. The van der Waals surface area contributed by atoms with Gasteiger partial charge in [0.2, 0.25) is 0 Å². The van der Waals surface area contributed by atoms with Crippen LogP contribution in [0.5, 0.6) is 0 Å². The summed E-state index contributed by atoms with van der Waals surface area (Å²) in [6.45, 7) is 8.80. The molecule has 0 amide bonds. The number of ketones is 1. The molecular weight excluding hydrogens is 216 g/mol. The maximum absolute atomic E-state index is 11.6. The second kappa shape index (κ2) is 8.01. The van der Waals surface area contributed by atoms with E-state index in [0.29, 0.717) is 12.2 Å². The zero-order valence-corrected chi connectivity index (χ0v) is 12.4. The lowest BCUT2D eigenvalue weighted by molar-refractivity contribution is -0.117. The summed E-state index contributed by atoms with van der Waals surface area (Å²) in [4.78, 5) is 11.6. The minimum absolute atomic E-state index is 0.195. The van der Waals surface area contributed by atoms with Gasteiger partial charge in [0.15, 0.2) is 0 Å². The second-order valence-corrected chi connectivity index (χ2v) is 11.4. The van der Waals surface area contributed by atoms with Crippen LogP contribution in [0.4, 0.5) is 0 Å². The number of hydrogen-bond acceptors (Lipinski definition) is 2. The lowest BCUT2D eigenvalue weighted by Crippen LogP contribution is -2.23. The Balaban J connectivity index is 3.54. The first-order valence-electron chi connectivity index (χ1n) is 6.55. The first-order valence-corrected chi connectivity index (χ1v) is 10.3. The minimum Gasteiger partial charge on any atom is -0.393 e. The molecule has 0 aromatic rings. The van der Waals surface area contributed by atoms with E-state index in [1.807, 2.05) is 0 Å². The first-order chi connectivity index (χ1) is 7.35. The fraction of sp³-hybridized carbons (Fsp3) is 0.923. The lowest BCUT2D eigenvalue weighted by atomic mass is 10.1. The van der Waals surface area contributed by atoms with Gasteiger partial charge in [-0.05, 0) is 19.3 Å². The van der Waals surface area contributed by atoms with Crippen LogP contribution >= 0.6 is 0 Å². The Morgan fingerprint density at radius 3 is 2.25 bits per heavy atom. The summed E-state index contributed by atoms with van der Waals surface area (Å²) in [6, 6.07) is 0.790. The lowest BCUT2D eigenvalue weighted by Gasteiger charge is -2.14. The molecule has 0 fully saturated rings. The van der Waals surface area contributed by atoms with Gasteiger partial charge in [-0.2, -0.15) is 0 Å². The molecule has 0 rings (SSSR count). The average Bonchev–Trinajstić information content (AvgIpc) is 2.11. The Kier molecular flexibility index (Phi) is 7.94. The molecule has 0 aliphatic carbocycles. The van der Waals surface area contributed by atoms with Crippen molar-refractivity contribution in [3.05, 3.63) is 0 Å². The molecule has 0 aromatic carbocycles. The van der Waals surface area contributed by atoms with Crippen LogP contribution in [0, 0.1) is 0 Å². The molecule has 0 heterocycles. The molecule has 0 radical (unpaired) electrons. The molecule has 3 heteroatoms. The molecule has 0 spiro atoms. The van der Waals surface area contributed by atoms with Gasteiger partial charge in [-0.3, -0.25) is 0 Å². The predicted molar refractivity (Wildman–Crippen MR) is 72.5 cm³/mol. The molecule has 2 nitrogen and oxygen atoms in total. The van der Waals surface area contributed by atoms with Crippen molar-refractivity contribution in [2.45, 2.75) is 77.2 Å². The van der Waals surface area contributed by atoms with Crippen LogP contribution in [0.2, 0.25) is 25.7 Å². The summed E-state index contributed by atoms with van der Waals surface area (Å²) in [5.41, 5.74) is 0. The molecule has 0 bridgehead atoms. The van der Waals surface area contributed by atoms with Crippen LogP contribution < -0.4 is 0 Å². The quantitative estimate of drug-likeness (QED) is 0.629. The number of aliphatic hydroxyl groups excluding tert-OH is 1. The van der Waals surface area contributed by atoms with Crippen molar-refractivity contribution in [3.8, 4) is 0 Å². The molecule has 96 valence electrons. The Morgan fingerprint density at radius 2 is 1.75 bits per heavy atom. The normalized spacial score (nSPS) is 13.8. The predicted octanol–water partition coefficient (Wildman–Crippen LogP) is 3.62. The highest BCUT2D eigenvalue weighted by molar-refractivity contribution is 6.78. The van der Waals surface area contributed by atoms with Gasteiger partial charge in [-0.1, -0.05) is 39.4 Å². The van der Waals surface area contributed by atoms with E-state index < -0.39 is 8.07 Å². The number of hydrogen-bond donors (Lipinski definition) is 1. The second-order valence-electron chi connectivity index (χ2n) is 5.96. The van der Waals surface area contributed by atoms with Crippen LogP contribution in [0.3, 0.4) is 0 Å². The van der Waals surface area contributed by atoms with Gasteiger partial charge < -0.3 is 9.90 Å². The topological polar surface area (TPSA) is 37.3 Å². The maximum Gasteiger partial charge on any atom is 0.130 e. The van der Waals surface area contributed by atoms with Crippen molar-refractivity contribution < 1.29 is 9.90 Å². The van der Waals surface area contributed by atoms with E-state index in [0.717, 1.165) is 38.1 Å². The fourth-order valence-electron chi connectivity index (χ4n) is 1.80. The number of carbonyl (C=O) groups is 1. The molecule has 1 atom stereocenters. The highest BCUT2D eigenvalue weighted by Crippen LogP contribution is 2.13. The smallest absolute Gasteiger partial charge is 0.130 e. The van der Waals surface area contributed by atoms with Crippen molar-refractivity contribution in [1.82, 2.24) is 0 Å². The standard InChI is InChI=1S/C13H28O2Si/c1-5-6-8-12(14)9-7-10-13(15)11-16(2,3)4/h12,14H,5-11H2,1-4H3. The van der Waals surface area contributed by atoms with Crippen molar-refractivity contribution in [2.24, 2.45) is 0 Å². The van der Waals surface area contributed by atoms with Gasteiger partial charge in [0.05, 0.1) is 14.2 Å². The molecule has 0 aliphatic rings. The number of unbranched alkanes of at least 4 members (excludes halogenated alkanes) is 1. The van der Waals surface area contributed by atoms with Gasteiger partial charge in [-0.25, -0.2) is 0 Å². The molecule has 1 unspecified atom stereocenters. The van der Waals surface area contributed by atoms with Crippen molar-refractivity contribution in [3.63, 3.8) is 0 Å². The van der Waals surface area contributed by atoms with Crippen LogP contribution in [0.1, 0.15) is 45.4 Å². The van der Waals surface area contributed by atoms with Gasteiger partial charge in [0, 0.05) is 12.5 Å². The van der Waals surface area contributed by atoms with Gasteiger partial charge in [0.1, 0.15) is 5.78 Å². The zero-order chi connectivity index (χ0) is 12.6. The molecular formula is C13H28O2Si. The van der Waals surface area contributed by atoms with Crippen LogP contribution in [-0.2, 0) is 4.79 Å². The van der Waals surface area contributed by atoms with E-state index in [-0.39, 0.29) is 6.10 Å². The van der Waals surface area contributed by atoms with Crippen LogP contribution in [0.15, 0.2) is 0 Å². The fourth-order valence-corrected chi connectivity index (χ4v) is 3.16. The Morgan fingerprint density at radius 1 is 1.19 bits per heavy atom. The van der Waals surface area contributed by atoms with E-state index in [1.165, 1.54) is 0 Å². The van der Waals surface area contributed by atoms with Crippen molar-refractivity contribution >= 4 is 13.9 Å². The SMILES string of the molecule is CCCCC(O)CCCC(=O)C[Si](C)(C)C. The van der Waals surface area contributed by atoms with Gasteiger partial charge in [0.25, 0.3) is 0 Å². The zero-order valence-electron chi connectivity index (χ0n) is 11.4. The third-order valence-corrected chi connectivity index (χ3v) is 4.07. The number of aliphatic hydroxyl groups is 1. The summed E-state index contributed by atoms with van der Waals surface area (Å²) in [5, 5.41) is 9.62. The third-order valence-electron chi connectivity index (χ3n) is 2.61. The molecule has 16 heavy (non-hydrogen) atoms. The Labute approximate surface area is 101 Å². The molecule has 0 saturated heterocycles. The van der Waals surface area contributed by atoms with Crippen LogP contribution in [0.25, 0.3) is 0 Å². The summed E-state index contributed by atoms with van der Waals surface area (Å²) in [6.07, 6.45) is 5.22. The Hall–Kier alpha value is -0.153. The van der Waals surface area contributed by atoms with E-state index in [1.54, 1.807) is 0 Å². The van der Waals surface area contributed by atoms with E-state index in [9.17, 15) is 9.90 Å². The maximum atomic E-state index is 11.6. The summed E-state index contributed by atoms with van der Waals surface area (Å²) in [7, 11) is -1.23. The largest absolute Gasteiger partial charge is 0.393 e. The highest BCUT2D eigenvalue weighted by atomic mass is 28.3. The molecule has 0 saturated carbocycles. The summed E-state index contributed by atoms with van der Waals surface area (Å²) < 4.78 is 0. The van der Waals surface area contributed by atoms with E-state index in [4.69, 9.17) is 0 Å². The summed E-state index contributed by atoms with van der Waals surface area (Å²) >= 11 is 0. The number of rotatable bonds is 9. The first kappa shape index (κ1) is 15.8. The van der Waals surface area contributed by atoms with Gasteiger partial charge in [-0.15, -0.1) is 0 Å². The Bertz CT molecular complexity index is 197. The van der Waals surface area contributed by atoms with E-state index >= 15 is 0 Å². The molecule has 1 N–H and O–H groups in total.